The average Bonchev–Trinajstić information content (AvgIpc) is 2.46. The Morgan fingerprint density at radius 1 is 1.26 bits per heavy atom. The molecule has 0 spiro atoms. The van der Waals surface area contributed by atoms with Crippen LogP contribution in [-0.2, 0) is 0 Å². The van der Waals surface area contributed by atoms with E-state index in [0.717, 1.165) is 5.75 Å². The van der Waals surface area contributed by atoms with Crippen molar-refractivity contribution < 1.29 is 4.74 Å². The topological polar surface area (TPSA) is 96.8 Å². The Kier molecular flexibility index (Phi) is 4.13. The molecular weight excluding hydrogens is 242 g/mol. The first-order valence-electron chi connectivity index (χ1n) is 5.73. The molecule has 96 valence electrons. The SMILES string of the molecule is N#Cc1ccnnc1NCCOc1ccc(N)cc1. The molecule has 0 aliphatic carbocycles. The molecule has 0 amide bonds. The summed E-state index contributed by atoms with van der Waals surface area (Å²) in [4.78, 5) is 0. The van der Waals surface area contributed by atoms with Crippen molar-refractivity contribution in [3.8, 4) is 11.8 Å². The normalized spacial score (nSPS) is 9.63. The molecule has 1 heterocycles. The van der Waals surface area contributed by atoms with Crippen LogP contribution in [0, 0.1) is 11.3 Å². The predicted molar refractivity (Wildman–Crippen MR) is 71.6 cm³/mol. The van der Waals surface area contributed by atoms with Crippen molar-refractivity contribution in [2.45, 2.75) is 0 Å². The van der Waals surface area contributed by atoms with Gasteiger partial charge in [0.25, 0.3) is 0 Å². The average molecular weight is 255 g/mol. The molecule has 19 heavy (non-hydrogen) atoms. The van der Waals surface area contributed by atoms with Crippen LogP contribution in [0.5, 0.6) is 5.75 Å². The first-order valence-corrected chi connectivity index (χ1v) is 5.73. The molecule has 0 aliphatic rings. The van der Waals surface area contributed by atoms with Crippen LogP contribution in [0.15, 0.2) is 36.5 Å². The third kappa shape index (κ3) is 3.57. The second kappa shape index (κ2) is 6.21. The minimum absolute atomic E-state index is 0.450. The van der Waals surface area contributed by atoms with Gasteiger partial charge in [-0.3, -0.25) is 0 Å². The lowest BCUT2D eigenvalue weighted by atomic mass is 10.3. The van der Waals surface area contributed by atoms with Gasteiger partial charge in [0, 0.05) is 5.69 Å². The predicted octanol–water partition coefficient (Wildman–Crippen LogP) is 1.42. The number of hydrogen-bond donors (Lipinski definition) is 2. The molecule has 1 aromatic heterocycles. The van der Waals surface area contributed by atoms with Crippen molar-refractivity contribution >= 4 is 11.5 Å². The molecule has 0 radical (unpaired) electrons. The Morgan fingerprint density at radius 3 is 2.79 bits per heavy atom. The van der Waals surface area contributed by atoms with Gasteiger partial charge < -0.3 is 15.8 Å². The van der Waals surface area contributed by atoms with Gasteiger partial charge in [-0.05, 0) is 30.3 Å². The molecule has 0 saturated heterocycles. The molecule has 3 N–H and O–H groups in total. The van der Waals surface area contributed by atoms with E-state index in [2.05, 4.69) is 15.5 Å². The van der Waals surface area contributed by atoms with Gasteiger partial charge in [0.05, 0.1) is 18.3 Å². The fraction of sp³-hybridized carbons (Fsp3) is 0.154. The summed E-state index contributed by atoms with van der Waals surface area (Å²) < 4.78 is 5.51. The quantitative estimate of drug-likeness (QED) is 0.619. The lowest BCUT2D eigenvalue weighted by Gasteiger charge is -2.08. The third-order valence-corrected chi connectivity index (χ3v) is 2.38. The van der Waals surface area contributed by atoms with Gasteiger partial charge in [0.1, 0.15) is 18.4 Å². The van der Waals surface area contributed by atoms with Crippen LogP contribution in [0.1, 0.15) is 5.56 Å². The van der Waals surface area contributed by atoms with E-state index in [1.165, 1.54) is 6.20 Å². The second-order valence-corrected chi connectivity index (χ2v) is 3.75. The van der Waals surface area contributed by atoms with E-state index in [1.807, 2.05) is 6.07 Å². The molecule has 6 nitrogen and oxygen atoms in total. The molecule has 6 heteroatoms. The third-order valence-electron chi connectivity index (χ3n) is 2.38. The van der Waals surface area contributed by atoms with Crippen LogP contribution in [0.2, 0.25) is 0 Å². The molecule has 0 aliphatic heterocycles. The Balaban J connectivity index is 1.81. The summed E-state index contributed by atoms with van der Waals surface area (Å²) in [5, 5.41) is 19.4. The van der Waals surface area contributed by atoms with Crippen LogP contribution < -0.4 is 15.8 Å². The van der Waals surface area contributed by atoms with Gasteiger partial charge in [0.2, 0.25) is 0 Å². The molecule has 0 saturated carbocycles. The highest BCUT2D eigenvalue weighted by Gasteiger charge is 2.02. The number of aromatic nitrogens is 2. The van der Waals surface area contributed by atoms with Crippen molar-refractivity contribution in [2.24, 2.45) is 0 Å². The number of nitriles is 1. The largest absolute Gasteiger partial charge is 0.492 e. The van der Waals surface area contributed by atoms with Crippen molar-refractivity contribution in [3.05, 3.63) is 42.1 Å². The number of anilines is 2. The molecule has 0 bridgehead atoms. The Hall–Kier alpha value is -2.81. The van der Waals surface area contributed by atoms with E-state index >= 15 is 0 Å². The number of hydrogen-bond acceptors (Lipinski definition) is 6. The number of nitrogens with zero attached hydrogens (tertiary/aromatic N) is 3. The molecule has 1 aromatic carbocycles. The standard InChI is InChI=1S/C13H13N5O/c14-9-10-5-6-17-18-13(10)16-7-8-19-12-3-1-11(15)2-4-12/h1-6H,7-8,15H2,(H,16,18). The molecule has 2 aromatic rings. The lowest BCUT2D eigenvalue weighted by molar-refractivity contribution is 0.333. The minimum Gasteiger partial charge on any atom is -0.492 e. The van der Waals surface area contributed by atoms with Gasteiger partial charge in [-0.15, -0.1) is 5.10 Å². The Labute approximate surface area is 110 Å². The summed E-state index contributed by atoms with van der Waals surface area (Å²) in [5.74, 6) is 1.21. The minimum atomic E-state index is 0.450. The Morgan fingerprint density at radius 2 is 2.05 bits per heavy atom. The summed E-state index contributed by atoms with van der Waals surface area (Å²) >= 11 is 0. The van der Waals surface area contributed by atoms with E-state index in [4.69, 9.17) is 15.7 Å². The lowest BCUT2D eigenvalue weighted by Crippen LogP contribution is -2.13. The van der Waals surface area contributed by atoms with Gasteiger partial charge in [0.15, 0.2) is 5.82 Å². The zero-order valence-electron chi connectivity index (χ0n) is 10.2. The smallest absolute Gasteiger partial charge is 0.166 e. The summed E-state index contributed by atoms with van der Waals surface area (Å²) in [6.45, 7) is 0.975. The molecule has 0 atom stereocenters. The number of benzene rings is 1. The van der Waals surface area contributed by atoms with Crippen molar-refractivity contribution in [1.29, 1.82) is 5.26 Å². The summed E-state index contributed by atoms with van der Waals surface area (Å²) in [6, 6.07) is 10.8. The van der Waals surface area contributed by atoms with Gasteiger partial charge in [-0.25, -0.2) is 0 Å². The first kappa shape index (κ1) is 12.6. The monoisotopic (exact) mass is 255 g/mol. The van der Waals surface area contributed by atoms with Gasteiger partial charge in [-0.1, -0.05) is 0 Å². The maximum atomic E-state index is 8.88. The van der Waals surface area contributed by atoms with E-state index in [1.54, 1.807) is 30.3 Å². The highest BCUT2D eigenvalue weighted by molar-refractivity contribution is 5.50. The highest BCUT2D eigenvalue weighted by atomic mass is 16.5. The van der Waals surface area contributed by atoms with E-state index in [-0.39, 0.29) is 0 Å². The van der Waals surface area contributed by atoms with Crippen molar-refractivity contribution in [3.63, 3.8) is 0 Å². The number of nitrogens with one attached hydrogen (secondary N) is 1. The van der Waals surface area contributed by atoms with E-state index in [0.29, 0.717) is 30.2 Å². The number of ether oxygens (including phenoxy) is 1. The number of nitrogen functional groups attached to an aromatic ring is 1. The molecular formula is C13H13N5O. The zero-order valence-corrected chi connectivity index (χ0v) is 10.2. The fourth-order valence-electron chi connectivity index (χ4n) is 1.45. The summed E-state index contributed by atoms with van der Waals surface area (Å²) in [5.41, 5.74) is 6.73. The van der Waals surface area contributed by atoms with Crippen LogP contribution in [0.3, 0.4) is 0 Å². The van der Waals surface area contributed by atoms with Gasteiger partial charge in [-0.2, -0.15) is 10.4 Å². The Bertz CT molecular complexity index is 576. The fourth-order valence-corrected chi connectivity index (χ4v) is 1.45. The molecule has 2 rings (SSSR count). The van der Waals surface area contributed by atoms with Crippen LogP contribution in [0.4, 0.5) is 11.5 Å². The van der Waals surface area contributed by atoms with Crippen LogP contribution in [0.25, 0.3) is 0 Å². The maximum absolute atomic E-state index is 8.88. The van der Waals surface area contributed by atoms with E-state index < -0.39 is 0 Å². The maximum Gasteiger partial charge on any atom is 0.166 e. The van der Waals surface area contributed by atoms with Gasteiger partial charge >= 0.3 is 0 Å². The summed E-state index contributed by atoms with van der Waals surface area (Å²) in [6.07, 6.45) is 1.48. The van der Waals surface area contributed by atoms with Crippen molar-refractivity contribution in [2.75, 3.05) is 24.2 Å². The second-order valence-electron chi connectivity index (χ2n) is 3.75. The number of rotatable bonds is 5. The van der Waals surface area contributed by atoms with Crippen LogP contribution in [-0.4, -0.2) is 23.3 Å². The zero-order chi connectivity index (χ0) is 13.5. The molecule has 0 fully saturated rings. The summed E-state index contributed by atoms with van der Waals surface area (Å²) in [7, 11) is 0. The molecule has 0 unspecified atom stereocenters. The van der Waals surface area contributed by atoms with E-state index in [9.17, 15) is 0 Å². The van der Waals surface area contributed by atoms with Crippen LogP contribution >= 0.6 is 0 Å². The first-order chi connectivity index (χ1) is 9.29. The highest BCUT2D eigenvalue weighted by Crippen LogP contribution is 2.13. The number of nitrogens with two attached hydrogens (primary N) is 1. The van der Waals surface area contributed by atoms with Crippen molar-refractivity contribution in [1.82, 2.24) is 10.2 Å².